The van der Waals surface area contributed by atoms with E-state index in [1.807, 2.05) is 42.5 Å². The van der Waals surface area contributed by atoms with Gasteiger partial charge >= 0.3 is 0 Å². The van der Waals surface area contributed by atoms with Crippen molar-refractivity contribution in [2.45, 2.75) is 18.9 Å². The second-order valence-corrected chi connectivity index (χ2v) is 7.89. The maximum Gasteiger partial charge on any atom is 0.238 e. The third-order valence-electron chi connectivity index (χ3n) is 4.70. The highest BCUT2D eigenvalue weighted by molar-refractivity contribution is 14.1. The standard InChI is InChI=1S/C21H25IN2O4/c1-26-18-4-3-5-19(27-2)21(18)28-17-10-12-24(13-11-17)14-20(25)23-16-8-6-15(22)7-9-16/h3-9,17H,10-14H2,1-2H3,(H,23,25). The first kappa shape index (κ1) is 20.7. The van der Waals surface area contributed by atoms with E-state index in [4.69, 9.17) is 14.2 Å². The molecule has 2 aromatic carbocycles. The molecule has 0 saturated carbocycles. The van der Waals surface area contributed by atoms with E-state index in [2.05, 4.69) is 32.8 Å². The van der Waals surface area contributed by atoms with E-state index >= 15 is 0 Å². The molecule has 28 heavy (non-hydrogen) atoms. The fourth-order valence-electron chi connectivity index (χ4n) is 3.22. The Bertz CT molecular complexity index is 767. The monoisotopic (exact) mass is 496 g/mol. The van der Waals surface area contributed by atoms with Crippen molar-refractivity contribution in [3.63, 3.8) is 0 Å². The average molecular weight is 496 g/mol. The SMILES string of the molecule is COc1cccc(OC)c1OC1CCN(CC(=O)Nc2ccc(I)cc2)CC1. The number of nitrogens with zero attached hydrogens (tertiary/aromatic N) is 1. The van der Waals surface area contributed by atoms with Gasteiger partial charge in [-0.15, -0.1) is 0 Å². The van der Waals surface area contributed by atoms with Gasteiger partial charge < -0.3 is 19.5 Å². The predicted molar refractivity (Wildman–Crippen MR) is 117 cm³/mol. The van der Waals surface area contributed by atoms with Crippen molar-refractivity contribution in [1.29, 1.82) is 0 Å². The molecule has 0 aliphatic carbocycles. The van der Waals surface area contributed by atoms with E-state index in [9.17, 15) is 4.79 Å². The van der Waals surface area contributed by atoms with Crippen molar-refractivity contribution in [2.75, 3.05) is 39.2 Å². The van der Waals surface area contributed by atoms with Crippen LogP contribution in [0.5, 0.6) is 17.2 Å². The van der Waals surface area contributed by atoms with Crippen LogP contribution in [0, 0.1) is 3.57 Å². The lowest BCUT2D eigenvalue weighted by Crippen LogP contribution is -2.42. The van der Waals surface area contributed by atoms with Gasteiger partial charge in [0.1, 0.15) is 6.10 Å². The van der Waals surface area contributed by atoms with Crippen LogP contribution in [0.3, 0.4) is 0 Å². The fourth-order valence-corrected chi connectivity index (χ4v) is 3.58. The molecule has 1 heterocycles. The fraction of sp³-hybridized carbons (Fsp3) is 0.381. The maximum atomic E-state index is 12.3. The molecule has 1 aliphatic rings. The summed E-state index contributed by atoms with van der Waals surface area (Å²) in [5.41, 5.74) is 0.826. The summed E-state index contributed by atoms with van der Waals surface area (Å²) in [5.74, 6) is 1.98. The van der Waals surface area contributed by atoms with Crippen molar-refractivity contribution < 1.29 is 19.0 Å². The minimum absolute atomic E-state index is 0.00646. The molecule has 2 aromatic rings. The lowest BCUT2D eigenvalue weighted by Gasteiger charge is -2.32. The van der Waals surface area contributed by atoms with Crippen LogP contribution in [-0.2, 0) is 4.79 Å². The zero-order valence-corrected chi connectivity index (χ0v) is 18.3. The number of likely N-dealkylation sites (tertiary alicyclic amines) is 1. The quantitative estimate of drug-likeness (QED) is 0.592. The Morgan fingerprint density at radius 1 is 1.07 bits per heavy atom. The molecule has 1 N–H and O–H groups in total. The van der Waals surface area contributed by atoms with Crippen LogP contribution in [0.15, 0.2) is 42.5 Å². The Hall–Kier alpha value is -2.00. The van der Waals surface area contributed by atoms with Crippen LogP contribution in [0.4, 0.5) is 5.69 Å². The van der Waals surface area contributed by atoms with E-state index in [1.54, 1.807) is 14.2 Å². The molecule has 6 nitrogen and oxygen atoms in total. The van der Waals surface area contributed by atoms with Crippen LogP contribution < -0.4 is 19.5 Å². The van der Waals surface area contributed by atoms with Gasteiger partial charge in [0.2, 0.25) is 11.7 Å². The summed E-state index contributed by atoms with van der Waals surface area (Å²) in [6.45, 7) is 2.00. The number of hydrogen-bond donors (Lipinski definition) is 1. The first-order valence-electron chi connectivity index (χ1n) is 9.24. The number of hydrogen-bond acceptors (Lipinski definition) is 5. The summed E-state index contributed by atoms with van der Waals surface area (Å²) in [6.07, 6.45) is 1.76. The Kier molecular flexibility index (Phi) is 7.38. The Labute approximate surface area is 179 Å². The first-order valence-corrected chi connectivity index (χ1v) is 10.3. The molecule has 0 bridgehead atoms. The number of ether oxygens (including phenoxy) is 3. The van der Waals surface area contributed by atoms with Crippen molar-refractivity contribution in [1.82, 2.24) is 4.90 Å². The number of anilines is 1. The molecule has 0 unspecified atom stereocenters. The van der Waals surface area contributed by atoms with Gasteiger partial charge in [0.15, 0.2) is 11.5 Å². The van der Waals surface area contributed by atoms with Crippen LogP contribution in [-0.4, -0.2) is 50.8 Å². The van der Waals surface area contributed by atoms with Gasteiger partial charge in [0.25, 0.3) is 0 Å². The van der Waals surface area contributed by atoms with Crippen LogP contribution in [0.1, 0.15) is 12.8 Å². The molecule has 0 atom stereocenters. The van der Waals surface area contributed by atoms with Crippen molar-refractivity contribution in [2.24, 2.45) is 0 Å². The number of piperidine rings is 1. The zero-order chi connectivity index (χ0) is 19.9. The Morgan fingerprint density at radius 3 is 2.25 bits per heavy atom. The largest absolute Gasteiger partial charge is 0.493 e. The molecule has 1 amide bonds. The molecule has 7 heteroatoms. The summed E-state index contributed by atoms with van der Waals surface area (Å²) in [4.78, 5) is 14.4. The van der Waals surface area contributed by atoms with Crippen molar-refractivity contribution in [3.8, 4) is 17.2 Å². The molecule has 150 valence electrons. The highest BCUT2D eigenvalue weighted by atomic mass is 127. The number of halogens is 1. The van der Waals surface area contributed by atoms with E-state index in [1.165, 1.54) is 0 Å². The Balaban J connectivity index is 1.49. The van der Waals surface area contributed by atoms with E-state index in [0.717, 1.165) is 35.2 Å². The molecule has 1 saturated heterocycles. The molecule has 0 radical (unpaired) electrons. The highest BCUT2D eigenvalue weighted by Gasteiger charge is 2.24. The molecule has 1 aliphatic heterocycles. The van der Waals surface area contributed by atoms with Gasteiger partial charge in [0.05, 0.1) is 20.8 Å². The number of para-hydroxylation sites is 1. The van der Waals surface area contributed by atoms with Gasteiger partial charge in [-0.1, -0.05) is 6.07 Å². The van der Waals surface area contributed by atoms with Gasteiger partial charge in [-0.25, -0.2) is 0 Å². The number of rotatable bonds is 7. The van der Waals surface area contributed by atoms with E-state index in [0.29, 0.717) is 23.8 Å². The molecule has 0 spiro atoms. The summed E-state index contributed by atoms with van der Waals surface area (Å²) in [6, 6.07) is 13.4. The van der Waals surface area contributed by atoms with E-state index < -0.39 is 0 Å². The lowest BCUT2D eigenvalue weighted by atomic mass is 10.1. The van der Waals surface area contributed by atoms with Crippen LogP contribution in [0.25, 0.3) is 0 Å². The smallest absolute Gasteiger partial charge is 0.238 e. The van der Waals surface area contributed by atoms with Crippen molar-refractivity contribution >= 4 is 34.2 Å². The topological polar surface area (TPSA) is 60.0 Å². The van der Waals surface area contributed by atoms with Gasteiger partial charge in [-0.2, -0.15) is 0 Å². The highest BCUT2D eigenvalue weighted by Crippen LogP contribution is 2.38. The second-order valence-electron chi connectivity index (χ2n) is 6.64. The van der Waals surface area contributed by atoms with Crippen molar-refractivity contribution in [3.05, 3.63) is 46.0 Å². The summed E-state index contributed by atoms with van der Waals surface area (Å²) < 4.78 is 18.1. The Morgan fingerprint density at radius 2 is 1.68 bits per heavy atom. The van der Waals surface area contributed by atoms with E-state index in [-0.39, 0.29) is 12.0 Å². The maximum absolute atomic E-state index is 12.3. The normalized spacial score (nSPS) is 15.1. The average Bonchev–Trinajstić information content (AvgIpc) is 2.71. The minimum atomic E-state index is 0.00646. The minimum Gasteiger partial charge on any atom is -0.493 e. The molecule has 0 aromatic heterocycles. The summed E-state index contributed by atoms with van der Waals surface area (Å²) in [5, 5.41) is 2.95. The molecular formula is C21H25IN2O4. The summed E-state index contributed by atoms with van der Waals surface area (Å²) in [7, 11) is 3.24. The second kappa shape index (κ2) is 9.97. The number of methoxy groups -OCH3 is 2. The number of carbonyl (C=O) groups is 1. The lowest BCUT2D eigenvalue weighted by molar-refractivity contribution is -0.117. The number of benzene rings is 2. The molecule has 1 fully saturated rings. The molecule has 3 rings (SSSR count). The number of amides is 1. The van der Waals surface area contributed by atoms with Crippen LogP contribution in [0.2, 0.25) is 0 Å². The first-order chi connectivity index (χ1) is 13.6. The van der Waals surface area contributed by atoms with Crippen LogP contribution >= 0.6 is 22.6 Å². The summed E-state index contributed by atoms with van der Waals surface area (Å²) >= 11 is 2.24. The van der Waals surface area contributed by atoms with Gasteiger partial charge in [0, 0.05) is 22.3 Å². The van der Waals surface area contributed by atoms with Gasteiger partial charge in [-0.3, -0.25) is 9.69 Å². The molecular weight excluding hydrogens is 471 g/mol. The predicted octanol–water partition coefficient (Wildman–Crippen LogP) is 3.79. The number of nitrogens with one attached hydrogen (secondary N) is 1. The third-order valence-corrected chi connectivity index (χ3v) is 5.42. The number of carbonyl (C=O) groups excluding carboxylic acids is 1. The van der Waals surface area contributed by atoms with Gasteiger partial charge in [-0.05, 0) is 71.8 Å². The zero-order valence-electron chi connectivity index (χ0n) is 16.1. The third kappa shape index (κ3) is 5.51.